The lowest BCUT2D eigenvalue weighted by Gasteiger charge is -1.94. The molecule has 6 heteroatoms. The number of fused-ring (bicyclic) bond motifs is 1. The van der Waals surface area contributed by atoms with Crippen LogP contribution in [0, 0.1) is 22.7 Å². The number of benzene rings is 1. The number of nitrogens with zero attached hydrogens (tertiary/aromatic N) is 5. The highest BCUT2D eigenvalue weighted by Crippen LogP contribution is 2.19. The zero-order valence-electron chi connectivity index (χ0n) is 9.03. The number of para-hydroxylation sites is 2. The average molecular weight is 235 g/mol. The molecule has 1 aromatic carbocycles. The number of rotatable bonds is 1. The molecular formula is C12H5N5O. The van der Waals surface area contributed by atoms with Crippen LogP contribution in [0.15, 0.2) is 35.0 Å². The molecule has 84 valence electrons. The van der Waals surface area contributed by atoms with Crippen LogP contribution in [0.25, 0.3) is 17.1 Å². The monoisotopic (exact) mass is 235 g/mol. The highest BCUT2D eigenvalue weighted by Gasteiger charge is 2.15. The summed E-state index contributed by atoms with van der Waals surface area (Å²) in [6.45, 7) is 0. The van der Waals surface area contributed by atoms with Gasteiger partial charge in [0.1, 0.15) is 24.0 Å². The first-order valence-corrected chi connectivity index (χ1v) is 5.07. The SMILES string of the molecule is N#Cc1ncn(-c2nc3ccccc3o2)c1C#N. The molecule has 0 fully saturated rings. The predicted molar refractivity (Wildman–Crippen MR) is 60.6 cm³/mol. The molecule has 0 atom stereocenters. The van der Waals surface area contributed by atoms with Crippen LogP contribution in [0.2, 0.25) is 0 Å². The Bertz CT molecular complexity index is 782. The summed E-state index contributed by atoms with van der Waals surface area (Å²) in [6.07, 6.45) is 1.35. The zero-order chi connectivity index (χ0) is 12.5. The minimum Gasteiger partial charge on any atom is -0.423 e. The minimum absolute atomic E-state index is 0.0553. The van der Waals surface area contributed by atoms with Crippen LogP contribution in [0.4, 0.5) is 0 Å². The zero-order valence-corrected chi connectivity index (χ0v) is 9.03. The lowest BCUT2D eigenvalue weighted by molar-refractivity contribution is 0.562. The number of hydrogen-bond donors (Lipinski definition) is 0. The molecule has 0 N–H and O–H groups in total. The van der Waals surface area contributed by atoms with Crippen LogP contribution < -0.4 is 0 Å². The third-order valence-electron chi connectivity index (χ3n) is 2.47. The molecule has 0 saturated carbocycles. The highest BCUT2D eigenvalue weighted by molar-refractivity contribution is 5.73. The van der Waals surface area contributed by atoms with Crippen molar-refractivity contribution in [1.29, 1.82) is 10.5 Å². The van der Waals surface area contributed by atoms with Crippen molar-refractivity contribution in [2.45, 2.75) is 0 Å². The average Bonchev–Trinajstić information content (AvgIpc) is 3.00. The van der Waals surface area contributed by atoms with E-state index in [1.54, 1.807) is 12.1 Å². The van der Waals surface area contributed by atoms with E-state index in [0.29, 0.717) is 11.1 Å². The van der Waals surface area contributed by atoms with Gasteiger partial charge in [-0.3, -0.25) is 0 Å². The highest BCUT2D eigenvalue weighted by atomic mass is 16.4. The number of imidazole rings is 1. The third-order valence-corrected chi connectivity index (χ3v) is 2.47. The maximum Gasteiger partial charge on any atom is 0.309 e. The lowest BCUT2D eigenvalue weighted by Crippen LogP contribution is -1.96. The Labute approximate surface area is 101 Å². The summed E-state index contributed by atoms with van der Waals surface area (Å²) in [6, 6.07) is 11.2. The molecule has 0 aliphatic heterocycles. The number of hydrogen-bond acceptors (Lipinski definition) is 5. The molecule has 0 unspecified atom stereocenters. The number of nitriles is 2. The molecule has 0 amide bonds. The Kier molecular flexibility index (Phi) is 2.08. The van der Waals surface area contributed by atoms with Crippen molar-refractivity contribution in [3.8, 4) is 18.2 Å². The first-order chi connectivity index (χ1) is 8.83. The minimum atomic E-state index is 0.0553. The number of aromatic nitrogens is 3. The Hall–Kier alpha value is -3.12. The molecule has 0 aliphatic carbocycles. The maximum absolute atomic E-state index is 9.02. The van der Waals surface area contributed by atoms with Crippen molar-refractivity contribution < 1.29 is 4.42 Å². The van der Waals surface area contributed by atoms with Gasteiger partial charge in [0, 0.05) is 0 Å². The molecule has 0 saturated heterocycles. The summed E-state index contributed by atoms with van der Waals surface area (Å²) >= 11 is 0. The van der Waals surface area contributed by atoms with Gasteiger partial charge in [0.15, 0.2) is 17.0 Å². The van der Waals surface area contributed by atoms with Crippen molar-refractivity contribution in [1.82, 2.24) is 14.5 Å². The van der Waals surface area contributed by atoms with Crippen LogP contribution in [0.1, 0.15) is 11.4 Å². The van der Waals surface area contributed by atoms with E-state index in [0.717, 1.165) is 0 Å². The maximum atomic E-state index is 9.02. The van der Waals surface area contributed by atoms with Gasteiger partial charge < -0.3 is 4.42 Å². The fourth-order valence-corrected chi connectivity index (χ4v) is 1.65. The van der Waals surface area contributed by atoms with Gasteiger partial charge in [-0.1, -0.05) is 12.1 Å². The topological polar surface area (TPSA) is 91.4 Å². The van der Waals surface area contributed by atoms with Crippen LogP contribution in [0.5, 0.6) is 0 Å². The van der Waals surface area contributed by atoms with Gasteiger partial charge in [0.25, 0.3) is 0 Å². The van der Waals surface area contributed by atoms with E-state index in [-0.39, 0.29) is 17.4 Å². The Balaban J connectivity index is 2.24. The van der Waals surface area contributed by atoms with Crippen LogP contribution in [-0.2, 0) is 0 Å². The summed E-state index contributed by atoms with van der Waals surface area (Å²) < 4.78 is 6.87. The Morgan fingerprint density at radius 1 is 1.17 bits per heavy atom. The standard InChI is InChI=1S/C12H5N5O/c13-5-9-10(6-14)17(7-15-9)12-16-8-3-1-2-4-11(8)18-12/h1-4,7H. The quantitative estimate of drug-likeness (QED) is 0.640. The molecular weight excluding hydrogens is 230 g/mol. The first-order valence-electron chi connectivity index (χ1n) is 5.07. The largest absolute Gasteiger partial charge is 0.423 e. The molecule has 18 heavy (non-hydrogen) atoms. The first kappa shape index (κ1) is 10.1. The van der Waals surface area contributed by atoms with Crippen LogP contribution in [-0.4, -0.2) is 14.5 Å². The van der Waals surface area contributed by atoms with E-state index in [2.05, 4.69) is 9.97 Å². The Morgan fingerprint density at radius 3 is 2.72 bits per heavy atom. The van der Waals surface area contributed by atoms with Gasteiger partial charge in [0.2, 0.25) is 0 Å². The second-order valence-corrected chi connectivity index (χ2v) is 3.50. The van der Waals surface area contributed by atoms with Gasteiger partial charge in [-0.15, -0.1) is 0 Å². The van der Waals surface area contributed by atoms with Crippen LogP contribution >= 0.6 is 0 Å². The summed E-state index contributed by atoms with van der Waals surface area (Å²) in [5.74, 6) is 0. The van der Waals surface area contributed by atoms with E-state index in [1.165, 1.54) is 10.9 Å². The van der Waals surface area contributed by atoms with Crippen molar-refractivity contribution >= 4 is 11.1 Å². The summed E-state index contributed by atoms with van der Waals surface area (Å²) in [5, 5.41) is 17.8. The normalized spacial score (nSPS) is 10.1. The molecule has 2 heterocycles. The summed E-state index contributed by atoms with van der Waals surface area (Å²) in [5.41, 5.74) is 1.47. The van der Waals surface area contributed by atoms with Crippen molar-refractivity contribution in [2.75, 3.05) is 0 Å². The fourth-order valence-electron chi connectivity index (χ4n) is 1.65. The molecule has 0 bridgehead atoms. The van der Waals surface area contributed by atoms with E-state index >= 15 is 0 Å². The predicted octanol–water partition coefficient (Wildman–Crippen LogP) is 1.76. The van der Waals surface area contributed by atoms with Crippen molar-refractivity contribution in [3.63, 3.8) is 0 Å². The molecule has 0 aliphatic rings. The van der Waals surface area contributed by atoms with Gasteiger partial charge >= 0.3 is 6.01 Å². The van der Waals surface area contributed by atoms with E-state index in [1.807, 2.05) is 24.3 Å². The van der Waals surface area contributed by atoms with Gasteiger partial charge in [-0.2, -0.15) is 15.5 Å². The molecule has 3 rings (SSSR count). The van der Waals surface area contributed by atoms with E-state index in [9.17, 15) is 0 Å². The third kappa shape index (κ3) is 1.34. The molecule has 3 aromatic rings. The van der Waals surface area contributed by atoms with Gasteiger partial charge in [0.05, 0.1) is 0 Å². The van der Waals surface area contributed by atoms with Crippen molar-refractivity contribution in [2.24, 2.45) is 0 Å². The lowest BCUT2D eigenvalue weighted by atomic mass is 10.3. The molecule has 0 spiro atoms. The van der Waals surface area contributed by atoms with Crippen LogP contribution in [0.3, 0.4) is 0 Å². The van der Waals surface area contributed by atoms with E-state index in [4.69, 9.17) is 14.9 Å². The second kappa shape index (κ2) is 3.72. The van der Waals surface area contributed by atoms with E-state index < -0.39 is 0 Å². The molecule has 2 aromatic heterocycles. The fraction of sp³-hybridized carbons (Fsp3) is 0. The Morgan fingerprint density at radius 2 is 2.00 bits per heavy atom. The molecule has 0 radical (unpaired) electrons. The van der Waals surface area contributed by atoms with Gasteiger partial charge in [-0.25, -0.2) is 9.55 Å². The smallest absolute Gasteiger partial charge is 0.309 e. The number of oxazole rings is 1. The summed E-state index contributed by atoms with van der Waals surface area (Å²) in [4.78, 5) is 8.07. The van der Waals surface area contributed by atoms with Crippen molar-refractivity contribution in [3.05, 3.63) is 42.0 Å². The van der Waals surface area contributed by atoms with Gasteiger partial charge in [-0.05, 0) is 12.1 Å². The summed E-state index contributed by atoms with van der Waals surface area (Å²) in [7, 11) is 0. The molecule has 6 nitrogen and oxygen atoms in total. The second-order valence-electron chi connectivity index (χ2n) is 3.50.